The van der Waals surface area contributed by atoms with E-state index in [4.69, 9.17) is 27.9 Å². The zero-order chi connectivity index (χ0) is 25.0. The van der Waals surface area contributed by atoms with E-state index >= 15 is 0 Å². The van der Waals surface area contributed by atoms with E-state index in [2.05, 4.69) is 31.5 Å². The van der Waals surface area contributed by atoms with Gasteiger partial charge in [-0.25, -0.2) is 0 Å². The first kappa shape index (κ1) is 25.5. The molecule has 1 heterocycles. The number of benzene rings is 2. The molecule has 0 bridgehead atoms. The van der Waals surface area contributed by atoms with Gasteiger partial charge in [-0.1, -0.05) is 56.1 Å². The lowest BCUT2D eigenvalue weighted by Gasteiger charge is -2.20. The molecule has 2 N–H and O–H groups in total. The maximum atomic E-state index is 12.5. The summed E-state index contributed by atoms with van der Waals surface area (Å²) in [5.41, 5.74) is 4.35. The number of halogens is 2. The molecule has 0 radical (unpaired) electrons. The minimum absolute atomic E-state index is 0.0438. The molecule has 3 rings (SSSR count). The first-order chi connectivity index (χ1) is 15.9. The SMILES string of the molecule is CC(C)(C)c1ccc(C(=O)NN2C[C@@H](C(=O)OCC(=O)Nc3ccc(Cl)c(Cl)c3)CC2=O)cc1. The molecule has 34 heavy (non-hydrogen) atoms. The van der Waals surface area contributed by atoms with Gasteiger partial charge in [0.15, 0.2) is 6.61 Å². The van der Waals surface area contributed by atoms with E-state index in [1.54, 1.807) is 18.2 Å². The van der Waals surface area contributed by atoms with E-state index in [0.29, 0.717) is 16.3 Å². The van der Waals surface area contributed by atoms with Crippen LogP contribution in [-0.2, 0) is 24.5 Å². The van der Waals surface area contributed by atoms with Crippen molar-refractivity contribution in [2.24, 2.45) is 5.92 Å². The van der Waals surface area contributed by atoms with Gasteiger partial charge in [-0.3, -0.25) is 29.6 Å². The van der Waals surface area contributed by atoms with Gasteiger partial charge in [0.2, 0.25) is 5.91 Å². The van der Waals surface area contributed by atoms with Crippen LogP contribution in [0.15, 0.2) is 42.5 Å². The van der Waals surface area contributed by atoms with E-state index in [1.165, 1.54) is 12.1 Å². The average Bonchev–Trinajstić information content (AvgIpc) is 3.14. The molecule has 8 nitrogen and oxygen atoms in total. The van der Waals surface area contributed by atoms with E-state index < -0.39 is 36.2 Å². The van der Waals surface area contributed by atoms with Crippen molar-refractivity contribution in [2.45, 2.75) is 32.6 Å². The molecule has 3 amide bonds. The number of nitrogens with zero attached hydrogens (tertiary/aromatic N) is 1. The molecule has 0 spiro atoms. The summed E-state index contributed by atoms with van der Waals surface area (Å²) in [5, 5.41) is 4.25. The number of nitrogens with one attached hydrogen (secondary N) is 2. The molecule has 1 aliphatic heterocycles. The highest BCUT2D eigenvalue weighted by atomic mass is 35.5. The molecule has 0 aromatic heterocycles. The number of carbonyl (C=O) groups excluding carboxylic acids is 4. The number of rotatable bonds is 6. The van der Waals surface area contributed by atoms with Crippen LogP contribution >= 0.6 is 23.2 Å². The van der Waals surface area contributed by atoms with Gasteiger partial charge in [0, 0.05) is 17.7 Å². The Bertz CT molecular complexity index is 1110. The number of carbonyl (C=O) groups is 4. The number of esters is 1. The monoisotopic (exact) mass is 505 g/mol. The van der Waals surface area contributed by atoms with Crippen molar-refractivity contribution < 1.29 is 23.9 Å². The highest BCUT2D eigenvalue weighted by Gasteiger charge is 2.36. The second kappa shape index (κ2) is 10.4. The molecule has 1 saturated heterocycles. The normalized spacial score (nSPS) is 15.7. The van der Waals surface area contributed by atoms with Crippen LogP contribution in [-0.4, -0.2) is 41.9 Å². The third kappa shape index (κ3) is 6.48. The lowest BCUT2D eigenvalue weighted by molar-refractivity contribution is -0.151. The number of ether oxygens (including phenoxy) is 1. The highest BCUT2D eigenvalue weighted by molar-refractivity contribution is 6.42. The molecule has 10 heteroatoms. The van der Waals surface area contributed by atoms with Gasteiger partial charge < -0.3 is 10.1 Å². The van der Waals surface area contributed by atoms with Crippen LogP contribution in [0.3, 0.4) is 0 Å². The fourth-order valence-electron chi connectivity index (χ4n) is 3.31. The first-order valence-electron chi connectivity index (χ1n) is 10.6. The van der Waals surface area contributed by atoms with Crippen LogP contribution in [0.5, 0.6) is 0 Å². The van der Waals surface area contributed by atoms with Gasteiger partial charge in [0.05, 0.1) is 22.5 Å². The van der Waals surface area contributed by atoms with Crippen molar-refractivity contribution in [3.8, 4) is 0 Å². The fraction of sp³-hybridized carbons (Fsp3) is 0.333. The number of hydrogen-bond acceptors (Lipinski definition) is 5. The molecule has 0 unspecified atom stereocenters. The minimum Gasteiger partial charge on any atom is -0.455 e. The van der Waals surface area contributed by atoms with Gasteiger partial charge in [0.25, 0.3) is 11.8 Å². The predicted molar refractivity (Wildman–Crippen MR) is 128 cm³/mol. The summed E-state index contributed by atoms with van der Waals surface area (Å²) in [5.74, 6) is -2.94. The fourth-order valence-corrected chi connectivity index (χ4v) is 3.61. The third-order valence-corrected chi connectivity index (χ3v) is 6.00. The summed E-state index contributed by atoms with van der Waals surface area (Å²) < 4.78 is 5.04. The zero-order valence-electron chi connectivity index (χ0n) is 19.0. The molecule has 1 atom stereocenters. The summed E-state index contributed by atoms with van der Waals surface area (Å²) in [6.07, 6.45) is -0.128. The number of hydrogen-bond donors (Lipinski definition) is 2. The van der Waals surface area contributed by atoms with Crippen LogP contribution < -0.4 is 10.7 Å². The van der Waals surface area contributed by atoms with Crippen molar-refractivity contribution in [2.75, 3.05) is 18.5 Å². The van der Waals surface area contributed by atoms with Crippen LogP contribution in [0.25, 0.3) is 0 Å². The zero-order valence-corrected chi connectivity index (χ0v) is 20.5. The second-order valence-electron chi connectivity index (χ2n) is 8.96. The first-order valence-corrected chi connectivity index (χ1v) is 11.3. The Morgan fingerprint density at radius 3 is 2.35 bits per heavy atom. The van der Waals surface area contributed by atoms with Gasteiger partial charge in [-0.2, -0.15) is 0 Å². The largest absolute Gasteiger partial charge is 0.455 e. The van der Waals surface area contributed by atoms with E-state index in [1.807, 2.05) is 12.1 Å². The van der Waals surface area contributed by atoms with E-state index in [9.17, 15) is 19.2 Å². The lowest BCUT2D eigenvalue weighted by atomic mass is 9.87. The molecular weight excluding hydrogens is 481 g/mol. The van der Waals surface area contributed by atoms with Crippen molar-refractivity contribution in [1.82, 2.24) is 10.4 Å². The maximum Gasteiger partial charge on any atom is 0.311 e. The van der Waals surface area contributed by atoms with Crippen molar-refractivity contribution in [1.29, 1.82) is 0 Å². The molecule has 2 aromatic carbocycles. The van der Waals surface area contributed by atoms with Crippen LogP contribution in [0.2, 0.25) is 10.0 Å². The summed E-state index contributed by atoms with van der Waals surface area (Å²) in [7, 11) is 0. The standard InChI is InChI=1S/C24H25Cl2N3O5/c1-24(2,3)16-6-4-14(5-7-16)22(32)28-29-12-15(10-21(29)31)23(33)34-13-20(30)27-17-8-9-18(25)19(26)11-17/h4-9,11,15H,10,12-13H2,1-3H3,(H,27,30)(H,28,32)/t15-/m0/s1. The Hall–Kier alpha value is -3.10. The highest BCUT2D eigenvalue weighted by Crippen LogP contribution is 2.25. The van der Waals surface area contributed by atoms with Crippen molar-refractivity contribution >= 4 is 52.6 Å². The topological polar surface area (TPSA) is 105 Å². The Balaban J connectivity index is 1.49. The molecule has 1 fully saturated rings. The number of anilines is 1. The lowest BCUT2D eigenvalue weighted by Crippen LogP contribution is -2.43. The van der Waals surface area contributed by atoms with Crippen LogP contribution in [0.4, 0.5) is 5.69 Å². The Morgan fingerprint density at radius 2 is 1.74 bits per heavy atom. The van der Waals surface area contributed by atoms with Crippen LogP contribution in [0, 0.1) is 5.92 Å². The number of hydrazine groups is 1. The molecule has 1 aliphatic rings. The Kier molecular flexibility index (Phi) is 7.84. The predicted octanol–water partition coefficient (Wildman–Crippen LogP) is 3.97. The smallest absolute Gasteiger partial charge is 0.311 e. The molecule has 180 valence electrons. The van der Waals surface area contributed by atoms with E-state index in [0.717, 1.165) is 10.6 Å². The summed E-state index contributed by atoms with van der Waals surface area (Å²) in [6.45, 7) is 5.64. The molecule has 0 saturated carbocycles. The second-order valence-corrected chi connectivity index (χ2v) is 9.77. The Morgan fingerprint density at radius 1 is 1.06 bits per heavy atom. The molecular formula is C24H25Cl2N3O5. The van der Waals surface area contributed by atoms with Gasteiger partial charge in [0.1, 0.15) is 0 Å². The summed E-state index contributed by atoms with van der Waals surface area (Å²) in [4.78, 5) is 49.2. The van der Waals surface area contributed by atoms with Crippen LogP contribution in [0.1, 0.15) is 43.1 Å². The van der Waals surface area contributed by atoms with Gasteiger partial charge in [-0.15, -0.1) is 0 Å². The molecule has 2 aromatic rings. The Labute approximate surface area is 207 Å². The average molecular weight is 506 g/mol. The summed E-state index contributed by atoms with van der Waals surface area (Å²) >= 11 is 11.7. The summed E-state index contributed by atoms with van der Waals surface area (Å²) in [6, 6.07) is 11.7. The minimum atomic E-state index is -0.797. The van der Waals surface area contributed by atoms with Gasteiger partial charge in [-0.05, 0) is 41.3 Å². The quantitative estimate of drug-likeness (QED) is 0.578. The number of amides is 3. The van der Waals surface area contributed by atoms with E-state index in [-0.39, 0.29) is 23.4 Å². The van der Waals surface area contributed by atoms with Gasteiger partial charge >= 0.3 is 5.97 Å². The van der Waals surface area contributed by atoms with Crippen molar-refractivity contribution in [3.63, 3.8) is 0 Å². The third-order valence-electron chi connectivity index (χ3n) is 5.26. The van der Waals surface area contributed by atoms with Crippen molar-refractivity contribution in [3.05, 3.63) is 63.6 Å². The molecule has 0 aliphatic carbocycles. The maximum absolute atomic E-state index is 12.5.